The first-order valence-corrected chi connectivity index (χ1v) is 9.99. The molecule has 0 atom stereocenters. The minimum Gasteiger partial charge on any atom is -0.353 e. The minimum absolute atomic E-state index is 0.150. The molecule has 5 nitrogen and oxygen atoms in total. The number of hydrogen-bond acceptors (Lipinski definition) is 5. The van der Waals surface area contributed by atoms with E-state index in [2.05, 4.69) is 17.3 Å². The van der Waals surface area contributed by atoms with Gasteiger partial charge in [0.05, 0.1) is 5.39 Å². The molecule has 1 fully saturated rings. The summed E-state index contributed by atoms with van der Waals surface area (Å²) in [5.74, 6) is 0.767. The highest BCUT2D eigenvalue weighted by Gasteiger charge is 2.23. The van der Waals surface area contributed by atoms with Gasteiger partial charge in [-0.25, -0.2) is 4.98 Å². The monoisotopic (exact) mass is 346 g/mol. The average Bonchev–Trinajstić information content (AvgIpc) is 2.95. The highest BCUT2D eigenvalue weighted by molar-refractivity contribution is 7.18. The van der Waals surface area contributed by atoms with Gasteiger partial charge in [0.25, 0.3) is 5.56 Å². The van der Waals surface area contributed by atoms with E-state index in [-0.39, 0.29) is 5.56 Å². The first kappa shape index (κ1) is 16.1. The number of fused-ring (bicyclic) bond motifs is 3. The maximum atomic E-state index is 13.1. The highest BCUT2D eigenvalue weighted by Crippen LogP contribution is 2.34. The summed E-state index contributed by atoms with van der Waals surface area (Å²) in [4.78, 5) is 22.7. The van der Waals surface area contributed by atoms with E-state index in [1.54, 1.807) is 11.3 Å². The molecule has 130 valence electrons. The molecule has 0 radical (unpaired) electrons. The lowest BCUT2D eigenvalue weighted by Crippen LogP contribution is -2.38. The Kier molecular flexibility index (Phi) is 4.35. The molecule has 0 aromatic carbocycles. The molecule has 0 spiro atoms. The third-order valence-electron chi connectivity index (χ3n) is 5.44. The fraction of sp³-hybridized carbons (Fsp3) is 0.667. The van der Waals surface area contributed by atoms with Crippen molar-refractivity contribution in [2.45, 2.75) is 58.0 Å². The van der Waals surface area contributed by atoms with Gasteiger partial charge in [-0.05, 0) is 71.1 Å². The van der Waals surface area contributed by atoms with Gasteiger partial charge in [-0.3, -0.25) is 9.36 Å². The van der Waals surface area contributed by atoms with Crippen molar-refractivity contribution in [2.24, 2.45) is 0 Å². The summed E-state index contributed by atoms with van der Waals surface area (Å²) in [7, 11) is 2.17. The van der Waals surface area contributed by atoms with E-state index in [0.717, 1.165) is 54.9 Å². The van der Waals surface area contributed by atoms with Gasteiger partial charge in [0.15, 0.2) is 0 Å². The first-order chi connectivity index (χ1) is 11.7. The fourth-order valence-corrected chi connectivity index (χ4v) is 5.23. The molecular weight excluding hydrogens is 320 g/mol. The Bertz CT molecular complexity index is 801. The van der Waals surface area contributed by atoms with E-state index in [4.69, 9.17) is 4.98 Å². The van der Waals surface area contributed by atoms with Crippen LogP contribution in [0.2, 0.25) is 0 Å². The first-order valence-electron chi connectivity index (χ1n) is 9.17. The van der Waals surface area contributed by atoms with Crippen molar-refractivity contribution in [1.29, 1.82) is 0 Å². The summed E-state index contributed by atoms with van der Waals surface area (Å²) in [5.41, 5.74) is 1.43. The molecule has 4 rings (SSSR count). The zero-order valence-corrected chi connectivity index (χ0v) is 15.4. The van der Waals surface area contributed by atoms with Gasteiger partial charge in [0.2, 0.25) is 5.95 Å². The van der Waals surface area contributed by atoms with Crippen LogP contribution < -0.4 is 10.9 Å². The molecule has 2 aliphatic rings. The number of aromatic nitrogens is 2. The van der Waals surface area contributed by atoms with Crippen LogP contribution in [-0.4, -0.2) is 40.6 Å². The predicted octanol–water partition coefficient (Wildman–Crippen LogP) is 2.86. The summed E-state index contributed by atoms with van der Waals surface area (Å²) in [6.45, 7) is 4.90. The molecule has 1 aliphatic carbocycles. The van der Waals surface area contributed by atoms with Crippen molar-refractivity contribution in [3.8, 4) is 0 Å². The summed E-state index contributed by atoms with van der Waals surface area (Å²) >= 11 is 1.74. The van der Waals surface area contributed by atoms with Crippen molar-refractivity contribution < 1.29 is 0 Å². The van der Waals surface area contributed by atoms with Gasteiger partial charge >= 0.3 is 0 Å². The van der Waals surface area contributed by atoms with Crippen molar-refractivity contribution in [3.63, 3.8) is 0 Å². The Balaban J connectivity index is 1.74. The highest BCUT2D eigenvalue weighted by atomic mass is 32.1. The standard InChI is InChI=1S/C18H26N4OS/c1-3-22-17(23)15-13-6-4-5-7-14(13)24-16(15)20-18(22)19-12-8-10-21(2)11-9-12/h12H,3-11H2,1-2H3,(H,19,20). The number of aryl methyl sites for hydroxylation is 2. The van der Waals surface area contributed by atoms with Crippen LogP contribution in [0.25, 0.3) is 10.2 Å². The van der Waals surface area contributed by atoms with Crippen molar-refractivity contribution in [2.75, 3.05) is 25.5 Å². The largest absolute Gasteiger partial charge is 0.353 e. The molecule has 0 saturated carbocycles. The van der Waals surface area contributed by atoms with E-state index in [9.17, 15) is 4.79 Å². The molecule has 2 aromatic heterocycles. The zero-order valence-electron chi connectivity index (χ0n) is 14.6. The van der Waals surface area contributed by atoms with E-state index in [0.29, 0.717) is 12.6 Å². The minimum atomic E-state index is 0.150. The van der Waals surface area contributed by atoms with E-state index >= 15 is 0 Å². The molecule has 1 N–H and O–H groups in total. The van der Waals surface area contributed by atoms with Crippen LogP contribution in [0.5, 0.6) is 0 Å². The normalized spacial score (nSPS) is 19.6. The molecule has 3 heterocycles. The number of likely N-dealkylation sites (tertiary alicyclic amines) is 1. The molecule has 6 heteroatoms. The lowest BCUT2D eigenvalue weighted by atomic mass is 9.97. The number of nitrogens with one attached hydrogen (secondary N) is 1. The van der Waals surface area contributed by atoms with Gasteiger partial charge in [0, 0.05) is 17.5 Å². The molecule has 0 unspecified atom stereocenters. The van der Waals surface area contributed by atoms with Crippen LogP contribution in [-0.2, 0) is 19.4 Å². The summed E-state index contributed by atoms with van der Waals surface area (Å²) < 4.78 is 1.84. The van der Waals surface area contributed by atoms with Crippen LogP contribution in [0.4, 0.5) is 5.95 Å². The van der Waals surface area contributed by atoms with Crippen LogP contribution in [0.1, 0.15) is 43.0 Å². The predicted molar refractivity (Wildman–Crippen MR) is 100 cm³/mol. The van der Waals surface area contributed by atoms with E-state index in [1.807, 2.05) is 11.5 Å². The second-order valence-electron chi connectivity index (χ2n) is 7.10. The number of anilines is 1. The SMILES string of the molecule is CCn1c(NC2CCN(C)CC2)nc2sc3c(c2c1=O)CCCC3. The lowest BCUT2D eigenvalue weighted by molar-refractivity contribution is 0.263. The number of nitrogens with zero attached hydrogens (tertiary/aromatic N) is 3. The fourth-order valence-electron chi connectivity index (χ4n) is 3.98. The number of piperidine rings is 1. The van der Waals surface area contributed by atoms with Gasteiger partial charge in [-0.2, -0.15) is 0 Å². The molecule has 0 amide bonds. The van der Waals surface area contributed by atoms with Crippen LogP contribution in [0, 0.1) is 0 Å². The molecule has 1 aliphatic heterocycles. The molecule has 0 bridgehead atoms. The van der Waals surface area contributed by atoms with Gasteiger partial charge in [0.1, 0.15) is 4.83 Å². The van der Waals surface area contributed by atoms with Crippen molar-refractivity contribution in [3.05, 3.63) is 20.8 Å². The van der Waals surface area contributed by atoms with Gasteiger partial charge < -0.3 is 10.2 Å². The summed E-state index contributed by atoms with van der Waals surface area (Å²) in [6, 6.07) is 0.415. The second kappa shape index (κ2) is 6.48. The summed E-state index contributed by atoms with van der Waals surface area (Å²) in [6.07, 6.45) is 6.80. The van der Waals surface area contributed by atoms with Crippen molar-refractivity contribution in [1.82, 2.24) is 14.5 Å². The Morgan fingerprint density at radius 3 is 2.75 bits per heavy atom. The third kappa shape index (κ3) is 2.75. The Labute approximate surface area is 146 Å². The molecule has 24 heavy (non-hydrogen) atoms. The van der Waals surface area contributed by atoms with Crippen LogP contribution >= 0.6 is 11.3 Å². The Morgan fingerprint density at radius 1 is 1.25 bits per heavy atom. The van der Waals surface area contributed by atoms with Crippen molar-refractivity contribution >= 4 is 27.5 Å². The molecular formula is C18H26N4OS. The Morgan fingerprint density at radius 2 is 2.00 bits per heavy atom. The smallest absolute Gasteiger partial charge is 0.263 e. The van der Waals surface area contributed by atoms with E-state index < -0.39 is 0 Å². The summed E-state index contributed by atoms with van der Waals surface area (Å²) in [5, 5.41) is 4.46. The van der Waals surface area contributed by atoms with E-state index in [1.165, 1.54) is 23.3 Å². The number of thiophene rings is 1. The Hall–Kier alpha value is -1.40. The van der Waals surface area contributed by atoms with Gasteiger partial charge in [-0.15, -0.1) is 11.3 Å². The number of rotatable bonds is 3. The lowest BCUT2D eigenvalue weighted by Gasteiger charge is -2.30. The van der Waals surface area contributed by atoms with Gasteiger partial charge in [-0.1, -0.05) is 0 Å². The molecule has 1 saturated heterocycles. The maximum absolute atomic E-state index is 13.1. The quantitative estimate of drug-likeness (QED) is 0.928. The van der Waals surface area contributed by atoms with Crippen LogP contribution in [0.15, 0.2) is 4.79 Å². The average molecular weight is 347 g/mol. The topological polar surface area (TPSA) is 50.2 Å². The zero-order chi connectivity index (χ0) is 16.7. The maximum Gasteiger partial charge on any atom is 0.263 e. The number of hydrogen-bond donors (Lipinski definition) is 1. The second-order valence-corrected chi connectivity index (χ2v) is 8.18. The van der Waals surface area contributed by atoms with Crippen LogP contribution in [0.3, 0.4) is 0 Å². The molecule has 2 aromatic rings. The third-order valence-corrected chi connectivity index (χ3v) is 6.63.